The standard InChI is InChI=1S/C11H17N2O3/c1-13(2,3)8-9-16-11-6-4-10(5-7-11)12(14)15/h4-7H,8-9H2,1-3H3/q+1. The van der Waals surface area contributed by atoms with Crippen LogP contribution in [0.15, 0.2) is 24.3 Å². The number of non-ortho nitro benzene ring substituents is 1. The molecule has 0 saturated carbocycles. The average Bonchev–Trinajstić information content (AvgIpc) is 2.16. The van der Waals surface area contributed by atoms with Crippen LogP contribution in [0.3, 0.4) is 0 Å². The Balaban J connectivity index is 2.47. The first-order chi connectivity index (χ1) is 7.38. The summed E-state index contributed by atoms with van der Waals surface area (Å²) < 4.78 is 6.30. The summed E-state index contributed by atoms with van der Waals surface area (Å²) in [5, 5.41) is 10.4. The molecule has 88 valence electrons. The van der Waals surface area contributed by atoms with Crippen LogP contribution in [0.1, 0.15) is 0 Å². The summed E-state index contributed by atoms with van der Waals surface area (Å²) in [5.74, 6) is 0.666. The van der Waals surface area contributed by atoms with E-state index in [0.29, 0.717) is 12.4 Å². The summed E-state index contributed by atoms with van der Waals surface area (Å²) in [6.07, 6.45) is 0. The quantitative estimate of drug-likeness (QED) is 0.435. The van der Waals surface area contributed by atoms with E-state index in [2.05, 4.69) is 21.1 Å². The average molecular weight is 225 g/mol. The summed E-state index contributed by atoms with van der Waals surface area (Å²) in [6.45, 7) is 1.48. The van der Waals surface area contributed by atoms with Crippen LogP contribution in [0.2, 0.25) is 0 Å². The maximum absolute atomic E-state index is 10.4. The molecule has 0 amide bonds. The summed E-state index contributed by atoms with van der Waals surface area (Å²) in [5.41, 5.74) is 0.0824. The van der Waals surface area contributed by atoms with E-state index in [1.807, 2.05) is 0 Å². The van der Waals surface area contributed by atoms with E-state index in [0.717, 1.165) is 11.0 Å². The molecule has 0 radical (unpaired) electrons. The van der Waals surface area contributed by atoms with Crippen LogP contribution in [0, 0.1) is 10.1 Å². The molecule has 0 saturated heterocycles. The van der Waals surface area contributed by atoms with Gasteiger partial charge < -0.3 is 9.22 Å². The van der Waals surface area contributed by atoms with E-state index in [1.54, 1.807) is 12.1 Å². The summed E-state index contributed by atoms with van der Waals surface area (Å²) in [6, 6.07) is 6.13. The second kappa shape index (κ2) is 4.94. The van der Waals surface area contributed by atoms with Gasteiger partial charge in [-0.25, -0.2) is 0 Å². The van der Waals surface area contributed by atoms with Crippen LogP contribution in [0.5, 0.6) is 5.75 Å². The highest BCUT2D eigenvalue weighted by atomic mass is 16.6. The number of nitrogens with zero attached hydrogens (tertiary/aromatic N) is 2. The van der Waals surface area contributed by atoms with Gasteiger partial charge in [0, 0.05) is 12.1 Å². The van der Waals surface area contributed by atoms with Crippen LogP contribution in [0.4, 0.5) is 5.69 Å². The largest absolute Gasteiger partial charge is 0.488 e. The topological polar surface area (TPSA) is 52.4 Å². The van der Waals surface area contributed by atoms with Crippen molar-refractivity contribution in [3.05, 3.63) is 34.4 Å². The van der Waals surface area contributed by atoms with Gasteiger partial charge in [0.05, 0.1) is 26.1 Å². The molecule has 0 fully saturated rings. The molecule has 0 aliphatic rings. The fraction of sp³-hybridized carbons (Fsp3) is 0.455. The number of nitro benzene ring substituents is 1. The predicted octanol–water partition coefficient (Wildman–Crippen LogP) is 1.68. The van der Waals surface area contributed by atoms with Gasteiger partial charge in [0.15, 0.2) is 0 Å². The molecule has 0 N–H and O–H groups in total. The van der Waals surface area contributed by atoms with Crippen molar-refractivity contribution in [3.63, 3.8) is 0 Å². The highest BCUT2D eigenvalue weighted by Crippen LogP contribution is 2.17. The Morgan fingerprint density at radius 3 is 2.25 bits per heavy atom. The molecule has 0 atom stereocenters. The fourth-order valence-electron chi connectivity index (χ4n) is 1.10. The van der Waals surface area contributed by atoms with Gasteiger partial charge in [0.25, 0.3) is 5.69 Å². The third-order valence-electron chi connectivity index (χ3n) is 2.08. The maximum Gasteiger partial charge on any atom is 0.269 e. The van der Waals surface area contributed by atoms with Gasteiger partial charge in [0.2, 0.25) is 0 Å². The molecule has 0 aromatic heterocycles. The first-order valence-electron chi connectivity index (χ1n) is 5.06. The van der Waals surface area contributed by atoms with Gasteiger partial charge in [0.1, 0.15) is 18.9 Å². The zero-order chi connectivity index (χ0) is 12.2. The van der Waals surface area contributed by atoms with Crippen LogP contribution in [-0.2, 0) is 0 Å². The lowest BCUT2D eigenvalue weighted by molar-refractivity contribution is -0.870. The normalized spacial score (nSPS) is 11.2. The van der Waals surface area contributed by atoms with Crippen LogP contribution in [-0.4, -0.2) is 43.7 Å². The lowest BCUT2D eigenvalue weighted by Gasteiger charge is -2.23. The summed E-state index contributed by atoms with van der Waals surface area (Å²) >= 11 is 0. The van der Waals surface area contributed by atoms with Crippen molar-refractivity contribution >= 4 is 5.69 Å². The molecule has 1 aromatic rings. The Morgan fingerprint density at radius 1 is 1.25 bits per heavy atom. The lowest BCUT2D eigenvalue weighted by Crippen LogP contribution is -2.38. The van der Waals surface area contributed by atoms with E-state index in [-0.39, 0.29) is 5.69 Å². The minimum absolute atomic E-state index is 0.0824. The molecule has 1 rings (SSSR count). The molecular formula is C11H17N2O3+. The van der Waals surface area contributed by atoms with Crippen molar-refractivity contribution in [3.8, 4) is 5.75 Å². The Kier molecular flexibility index (Phi) is 3.84. The monoisotopic (exact) mass is 225 g/mol. The lowest BCUT2D eigenvalue weighted by atomic mass is 10.3. The molecule has 1 aromatic carbocycles. The zero-order valence-corrected chi connectivity index (χ0v) is 9.84. The van der Waals surface area contributed by atoms with Crippen molar-refractivity contribution < 1.29 is 14.1 Å². The fourth-order valence-corrected chi connectivity index (χ4v) is 1.10. The molecular weight excluding hydrogens is 208 g/mol. The zero-order valence-electron chi connectivity index (χ0n) is 9.84. The predicted molar refractivity (Wildman–Crippen MR) is 61.5 cm³/mol. The molecule has 0 spiro atoms. The summed E-state index contributed by atoms with van der Waals surface area (Å²) in [4.78, 5) is 10.00. The number of hydrogen-bond donors (Lipinski definition) is 0. The number of benzene rings is 1. The molecule has 0 bridgehead atoms. The Hall–Kier alpha value is -1.62. The number of ether oxygens (including phenoxy) is 1. The number of quaternary nitrogens is 1. The molecule has 0 aliphatic heterocycles. The van der Waals surface area contributed by atoms with Gasteiger partial charge in [-0.1, -0.05) is 0 Å². The number of rotatable bonds is 5. The van der Waals surface area contributed by atoms with E-state index >= 15 is 0 Å². The number of nitro groups is 1. The van der Waals surface area contributed by atoms with Crippen LogP contribution < -0.4 is 4.74 Å². The van der Waals surface area contributed by atoms with E-state index < -0.39 is 4.92 Å². The number of hydrogen-bond acceptors (Lipinski definition) is 3. The van der Waals surface area contributed by atoms with E-state index in [9.17, 15) is 10.1 Å². The van der Waals surface area contributed by atoms with Crippen molar-refractivity contribution in [2.45, 2.75) is 0 Å². The van der Waals surface area contributed by atoms with Crippen molar-refractivity contribution in [1.82, 2.24) is 0 Å². The minimum Gasteiger partial charge on any atom is -0.488 e. The Bertz CT molecular complexity index is 354. The third-order valence-corrected chi connectivity index (χ3v) is 2.08. The molecule has 5 heteroatoms. The van der Waals surface area contributed by atoms with E-state index in [1.165, 1.54) is 12.1 Å². The first kappa shape index (κ1) is 12.4. The molecule has 16 heavy (non-hydrogen) atoms. The third kappa shape index (κ3) is 4.27. The number of likely N-dealkylation sites (N-methyl/N-ethyl adjacent to an activating group) is 1. The highest BCUT2D eigenvalue weighted by molar-refractivity contribution is 5.35. The minimum atomic E-state index is -0.421. The van der Waals surface area contributed by atoms with Crippen molar-refractivity contribution in [2.75, 3.05) is 34.3 Å². The highest BCUT2D eigenvalue weighted by Gasteiger charge is 2.08. The smallest absolute Gasteiger partial charge is 0.269 e. The van der Waals surface area contributed by atoms with Gasteiger partial charge in [-0.2, -0.15) is 0 Å². The molecule has 0 heterocycles. The molecule has 0 unspecified atom stereocenters. The SMILES string of the molecule is C[N+](C)(C)CCOc1ccc([N+](=O)[O-])cc1. The van der Waals surface area contributed by atoms with Gasteiger partial charge in [-0.3, -0.25) is 10.1 Å². The second-order valence-electron chi connectivity index (χ2n) is 4.61. The molecule has 5 nitrogen and oxygen atoms in total. The van der Waals surface area contributed by atoms with Gasteiger partial charge in [-0.15, -0.1) is 0 Å². The van der Waals surface area contributed by atoms with Gasteiger partial charge in [-0.05, 0) is 12.1 Å². The van der Waals surface area contributed by atoms with Crippen molar-refractivity contribution in [1.29, 1.82) is 0 Å². The summed E-state index contributed by atoms with van der Waals surface area (Å²) in [7, 11) is 6.25. The Labute approximate surface area is 95.0 Å². The first-order valence-corrected chi connectivity index (χ1v) is 5.06. The maximum atomic E-state index is 10.4. The van der Waals surface area contributed by atoms with Gasteiger partial charge >= 0.3 is 0 Å². The van der Waals surface area contributed by atoms with Crippen LogP contribution in [0.25, 0.3) is 0 Å². The second-order valence-corrected chi connectivity index (χ2v) is 4.61. The molecule has 0 aliphatic carbocycles. The Morgan fingerprint density at radius 2 is 1.81 bits per heavy atom. The van der Waals surface area contributed by atoms with E-state index in [4.69, 9.17) is 4.74 Å². The van der Waals surface area contributed by atoms with Crippen molar-refractivity contribution in [2.24, 2.45) is 0 Å². The van der Waals surface area contributed by atoms with Crippen LogP contribution >= 0.6 is 0 Å².